The van der Waals surface area contributed by atoms with Gasteiger partial charge in [-0.15, -0.1) is 0 Å². The smallest absolute Gasteiger partial charge is 0.346 e. The predicted molar refractivity (Wildman–Crippen MR) is 161 cm³/mol. The van der Waals surface area contributed by atoms with Crippen molar-refractivity contribution in [3.63, 3.8) is 0 Å². The van der Waals surface area contributed by atoms with Crippen LogP contribution in [0.2, 0.25) is 0 Å². The minimum atomic E-state index is -0.913. The molecule has 3 heterocycles. The molecule has 0 unspecified atom stereocenters. The van der Waals surface area contributed by atoms with Gasteiger partial charge in [0.05, 0.1) is 22.3 Å². The van der Waals surface area contributed by atoms with Gasteiger partial charge in [0.25, 0.3) is 11.8 Å². The second-order valence-corrected chi connectivity index (χ2v) is 12.1. The molecule has 0 spiro atoms. The topological polar surface area (TPSA) is 184 Å². The normalized spacial score (nSPS) is 20.0. The Morgan fingerprint density at radius 3 is 1.55 bits per heavy atom. The minimum absolute atomic E-state index is 0.0167. The molecule has 2 N–H and O–H groups in total. The number of primary amides is 1. The highest BCUT2D eigenvalue weighted by atomic mass is 16.6. The van der Waals surface area contributed by atoms with E-state index in [0.29, 0.717) is 19.3 Å². The molecule has 3 aliphatic heterocycles. The fourth-order valence-corrected chi connectivity index (χ4v) is 7.62. The number of benzene rings is 4. The van der Waals surface area contributed by atoms with Crippen molar-refractivity contribution in [2.75, 3.05) is 0 Å². The van der Waals surface area contributed by atoms with Gasteiger partial charge in [-0.25, -0.2) is 19.2 Å². The quantitative estimate of drug-likeness (QED) is 0.145. The lowest BCUT2D eigenvalue weighted by Gasteiger charge is -2.41. The number of carbonyl (C=O) groups excluding carboxylic acids is 8. The van der Waals surface area contributed by atoms with Crippen LogP contribution in [0.4, 0.5) is 0 Å². The number of amides is 3. The molecular formula is C35H22N2O10. The number of Topliss-reactive ketones (excluding diaryl/α,β-unsaturated/α-hetero) is 1. The Bertz CT molecular complexity index is 2180. The summed E-state index contributed by atoms with van der Waals surface area (Å²) in [5.41, 5.74) is 6.20. The van der Waals surface area contributed by atoms with Gasteiger partial charge in [0, 0.05) is 56.3 Å². The Morgan fingerprint density at radius 2 is 1.02 bits per heavy atom. The predicted octanol–water partition coefficient (Wildman–Crippen LogP) is 4.14. The van der Waals surface area contributed by atoms with E-state index >= 15 is 0 Å². The van der Waals surface area contributed by atoms with Crippen molar-refractivity contribution in [2.45, 2.75) is 38.1 Å². The zero-order valence-electron chi connectivity index (χ0n) is 24.4. The fourth-order valence-electron chi connectivity index (χ4n) is 7.62. The molecule has 232 valence electrons. The first-order chi connectivity index (χ1) is 22.6. The summed E-state index contributed by atoms with van der Waals surface area (Å²) in [4.78, 5) is 106. The summed E-state index contributed by atoms with van der Waals surface area (Å²) in [7, 11) is 0. The zero-order chi connectivity index (χ0) is 32.9. The number of ether oxygens (including phenoxy) is 2. The van der Waals surface area contributed by atoms with Gasteiger partial charge in [-0.2, -0.15) is 0 Å². The summed E-state index contributed by atoms with van der Waals surface area (Å²) in [6, 6.07) is 10.4. The van der Waals surface area contributed by atoms with Crippen molar-refractivity contribution in [3.8, 4) is 0 Å². The van der Waals surface area contributed by atoms with Gasteiger partial charge in [-0.1, -0.05) is 12.8 Å². The third-order valence-corrected chi connectivity index (χ3v) is 9.68. The van der Waals surface area contributed by atoms with Gasteiger partial charge in [0.1, 0.15) is 0 Å². The number of nitrogens with zero attached hydrogens (tertiary/aromatic N) is 1. The largest absolute Gasteiger partial charge is 0.386 e. The van der Waals surface area contributed by atoms with Crippen LogP contribution in [-0.4, -0.2) is 58.3 Å². The summed E-state index contributed by atoms with van der Waals surface area (Å²) in [5, 5.41) is 0.597. The molecule has 1 saturated carbocycles. The third kappa shape index (κ3) is 3.94. The summed E-state index contributed by atoms with van der Waals surface area (Å²) in [5.74, 6) is -6.50. The van der Waals surface area contributed by atoms with Gasteiger partial charge in [-0.05, 0) is 67.3 Å². The van der Waals surface area contributed by atoms with E-state index in [9.17, 15) is 38.4 Å². The number of carbonyl (C=O) groups is 8. The van der Waals surface area contributed by atoms with E-state index in [-0.39, 0.29) is 72.5 Å². The minimum Gasteiger partial charge on any atom is -0.386 e. The highest BCUT2D eigenvalue weighted by Crippen LogP contribution is 2.42. The van der Waals surface area contributed by atoms with Gasteiger partial charge in [-0.3, -0.25) is 24.1 Å². The second-order valence-electron chi connectivity index (χ2n) is 12.1. The fraction of sp³-hybridized carbons (Fsp3) is 0.200. The number of imide groups is 1. The van der Waals surface area contributed by atoms with Crippen LogP contribution in [0.1, 0.15) is 115 Å². The lowest BCUT2D eigenvalue weighted by molar-refractivity contribution is 0.0372. The van der Waals surface area contributed by atoms with Crippen LogP contribution < -0.4 is 5.73 Å². The van der Waals surface area contributed by atoms with Crippen LogP contribution in [0.3, 0.4) is 0 Å². The van der Waals surface area contributed by atoms with Crippen molar-refractivity contribution in [1.82, 2.24) is 4.90 Å². The Labute approximate surface area is 264 Å². The summed E-state index contributed by atoms with van der Waals surface area (Å²) in [6.45, 7) is 0. The number of esters is 4. The lowest BCUT2D eigenvalue weighted by atomic mass is 9.77. The third-order valence-electron chi connectivity index (χ3n) is 9.68. The number of nitrogens with two attached hydrogens (primary N) is 1. The summed E-state index contributed by atoms with van der Waals surface area (Å²) >= 11 is 0. The van der Waals surface area contributed by atoms with E-state index in [1.165, 1.54) is 53.4 Å². The molecule has 1 aliphatic carbocycles. The van der Waals surface area contributed by atoms with Crippen LogP contribution in [0.15, 0.2) is 48.5 Å². The lowest BCUT2D eigenvalue weighted by Crippen LogP contribution is -2.51. The molecule has 4 aromatic rings. The maximum atomic E-state index is 14.1. The molecule has 47 heavy (non-hydrogen) atoms. The van der Waals surface area contributed by atoms with Crippen LogP contribution in [0, 0.1) is 5.92 Å². The Morgan fingerprint density at radius 1 is 0.596 bits per heavy atom. The van der Waals surface area contributed by atoms with E-state index in [0.717, 1.165) is 6.42 Å². The first kappa shape index (κ1) is 28.4. The van der Waals surface area contributed by atoms with Crippen LogP contribution in [0.5, 0.6) is 0 Å². The van der Waals surface area contributed by atoms with E-state index < -0.39 is 59.3 Å². The molecule has 4 aromatic carbocycles. The number of rotatable bonds is 5. The summed E-state index contributed by atoms with van der Waals surface area (Å²) < 4.78 is 9.63. The SMILES string of the molecule is NC(=O)c1ccc2c3c(ccc(C(=O)C[C@@H]4CCCC[C@H]4N4C(=O)c5ccc6c7c(ccc(c57)C4=O)C(=O)OC6=O)c13)C(=O)OC2=O. The maximum absolute atomic E-state index is 14.1. The molecule has 0 radical (unpaired) electrons. The number of cyclic esters (lactones) is 4. The van der Waals surface area contributed by atoms with E-state index in [4.69, 9.17) is 15.2 Å². The van der Waals surface area contributed by atoms with E-state index in [2.05, 4.69) is 0 Å². The van der Waals surface area contributed by atoms with Gasteiger partial charge >= 0.3 is 23.9 Å². The Hall–Kier alpha value is -6.04. The number of hydrogen-bond donors (Lipinski definition) is 1. The number of hydrogen-bond acceptors (Lipinski definition) is 10. The van der Waals surface area contributed by atoms with Crippen molar-refractivity contribution in [2.24, 2.45) is 11.7 Å². The second kappa shape index (κ2) is 9.98. The molecule has 12 heteroatoms. The average molecular weight is 631 g/mol. The molecule has 8 rings (SSSR count). The highest BCUT2D eigenvalue weighted by Gasteiger charge is 2.44. The maximum Gasteiger partial charge on any atom is 0.346 e. The van der Waals surface area contributed by atoms with Crippen molar-refractivity contribution >= 4 is 68.9 Å². The highest BCUT2D eigenvalue weighted by molar-refractivity contribution is 6.32. The first-order valence-electron chi connectivity index (χ1n) is 15.0. The average Bonchev–Trinajstić information content (AvgIpc) is 3.05. The van der Waals surface area contributed by atoms with Crippen LogP contribution in [-0.2, 0) is 9.47 Å². The first-order valence-corrected chi connectivity index (χ1v) is 15.0. The summed E-state index contributed by atoms with van der Waals surface area (Å²) in [6.07, 6.45) is 2.28. The van der Waals surface area contributed by atoms with E-state index in [1.54, 1.807) is 0 Å². The van der Waals surface area contributed by atoms with Crippen molar-refractivity contribution in [3.05, 3.63) is 93.0 Å². The molecule has 0 saturated heterocycles. The van der Waals surface area contributed by atoms with Gasteiger partial charge < -0.3 is 15.2 Å². The molecule has 0 bridgehead atoms. The molecule has 3 amide bonds. The van der Waals surface area contributed by atoms with Crippen molar-refractivity contribution in [1.29, 1.82) is 0 Å². The van der Waals surface area contributed by atoms with E-state index in [1.807, 2.05) is 0 Å². The number of ketones is 1. The molecule has 0 aromatic heterocycles. The molecule has 2 atom stereocenters. The molecular weight excluding hydrogens is 608 g/mol. The Balaban J connectivity index is 1.19. The van der Waals surface area contributed by atoms with Gasteiger partial charge in [0.15, 0.2) is 5.78 Å². The zero-order valence-corrected chi connectivity index (χ0v) is 24.4. The Kier molecular flexibility index (Phi) is 6.04. The van der Waals surface area contributed by atoms with Crippen molar-refractivity contribution < 1.29 is 47.8 Å². The molecule has 4 aliphatic rings. The molecule has 12 nitrogen and oxygen atoms in total. The standard InChI is InChI=1S/C35H22N2O10/c36-29(39)16-6-10-20-27-19(32(42)46-33(20)43)9-5-15(25(16)27)24(38)13-14-3-1-2-4-23(14)37-30(40)17-7-11-21-28-22(35(45)47-34(21)44)12-8-18(26(17)28)31(37)41/h5-12,14,23H,1-4,13H2,(H2,36,39)/t14-,23+/m0/s1. The van der Waals surface area contributed by atoms with Gasteiger partial charge in [0.2, 0.25) is 5.91 Å². The van der Waals surface area contributed by atoms with Crippen LogP contribution >= 0.6 is 0 Å². The molecule has 1 fully saturated rings. The van der Waals surface area contributed by atoms with Crippen LogP contribution in [0.25, 0.3) is 21.5 Å². The monoisotopic (exact) mass is 630 g/mol.